The van der Waals surface area contributed by atoms with Crippen molar-refractivity contribution < 1.29 is 12.8 Å². The standard InChI is InChI=1S/C20H21ClN2O3S/c1-4-14(3)22-19-20(27(24,25)17-11-9-16(21)10-12-17)23-18(26-19)15-7-5-13(2)6-8-15/h5-12,14,22H,4H2,1-3H3. The van der Waals surface area contributed by atoms with E-state index in [2.05, 4.69) is 10.3 Å². The number of nitrogens with zero attached hydrogens (tertiary/aromatic N) is 1. The zero-order valence-corrected chi connectivity index (χ0v) is 16.9. The van der Waals surface area contributed by atoms with Crippen molar-refractivity contribution >= 4 is 27.3 Å². The van der Waals surface area contributed by atoms with E-state index >= 15 is 0 Å². The Kier molecular flexibility index (Phi) is 5.58. The monoisotopic (exact) mass is 404 g/mol. The number of nitrogens with one attached hydrogen (secondary N) is 1. The topological polar surface area (TPSA) is 72.2 Å². The molecule has 0 bridgehead atoms. The maximum Gasteiger partial charge on any atom is 0.234 e. The van der Waals surface area contributed by atoms with Gasteiger partial charge in [-0.05, 0) is 56.7 Å². The van der Waals surface area contributed by atoms with Crippen molar-refractivity contribution in [2.24, 2.45) is 0 Å². The number of anilines is 1. The van der Waals surface area contributed by atoms with Crippen LogP contribution in [0.15, 0.2) is 62.9 Å². The molecular formula is C20H21ClN2O3S. The molecule has 0 aliphatic heterocycles. The zero-order valence-electron chi connectivity index (χ0n) is 15.4. The van der Waals surface area contributed by atoms with E-state index in [1.54, 1.807) is 0 Å². The van der Waals surface area contributed by atoms with Crippen molar-refractivity contribution in [3.8, 4) is 11.5 Å². The summed E-state index contributed by atoms with van der Waals surface area (Å²) in [6, 6.07) is 13.6. The fourth-order valence-electron chi connectivity index (χ4n) is 2.45. The molecule has 3 aromatic rings. The summed E-state index contributed by atoms with van der Waals surface area (Å²) in [4.78, 5) is 4.43. The van der Waals surface area contributed by atoms with E-state index in [1.165, 1.54) is 24.3 Å². The Hall–Kier alpha value is -2.31. The van der Waals surface area contributed by atoms with Crippen molar-refractivity contribution in [3.63, 3.8) is 0 Å². The molecule has 2 aromatic carbocycles. The first-order valence-electron chi connectivity index (χ1n) is 8.66. The van der Waals surface area contributed by atoms with Gasteiger partial charge in [0.2, 0.25) is 26.6 Å². The SMILES string of the molecule is CCC(C)Nc1oc(-c2ccc(C)cc2)nc1S(=O)(=O)c1ccc(Cl)cc1. The van der Waals surface area contributed by atoms with Crippen molar-refractivity contribution in [2.45, 2.75) is 43.2 Å². The maximum absolute atomic E-state index is 13.1. The van der Waals surface area contributed by atoms with Crippen LogP contribution in [0.2, 0.25) is 5.02 Å². The summed E-state index contributed by atoms with van der Waals surface area (Å²) in [6.07, 6.45) is 0.807. The zero-order chi connectivity index (χ0) is 19.6. The van der Waals surface area contributed by atoms with Gasteiger partial charge in [-0.15, -0.1) is 0 Å². The highest BCUT2D eigenvalue weighted by Gasteiger charge is 2.29. The molecule has 0 aliphatic carbocycles. The van der Waals surface area contributed by atoms with Gasteiger partial charge in [0.25, 0.3) is 0 Å². The van der Waals surface area contributed by atoms with Gasteiger partial charge in [-0.25, -0.2) is 8.42 Å². The summed E-state index contributed by atoms with van der Waals surface area (Å²) in [5, 5.41) is 3.46. The maximum atomic E-state index is 13.1. The molecule has 1 unspecified atom stereocenters. The first kappa shape index (κ1) is 19.5. The summed E-state index contributed by atoms with van der Waals surface area (Å²) >= 11 is 5.88. The summed E-state index contributed by atoms with van der Waals surface area (Å²) in [5.74, 6) is 0.406. The van der Waals surface area contributed by atoms with Gasteiger partial charge >= 0.3 is 0 Å². The molecule has 27 heavy (non-hydrogen) atoms. The number of aryl methyl sites for hydroxylation is 1. The lowest BCUT2D eigenvalue weighted by Crippen LogP contribution is -2.15. The molecular weight excluding hydrogens is 384 g/mol. The average Bonchev–Trinajstić information content (AvgIpc) is 3.07. The number of hydrogen-bond acceptors (Lipinski definition) is 5. The first-order valence-corrected chi connectivity index (χ1v) is 10.5. The minimum Gasteiger partial charge on any atom is -0.419 e. The van der Waals surface area contributed by atoms with E-state index in [4.69, 9.17) is 16.0 Å². The molecule has 0 saturated heterocycles. The number of benzene rings is 2. The van der Waals surface area contributed by atoms with Crippen LogP contribution in [0.3, 0.4) is 0 Å². The molecule has 1 heterocycles. The Morgan fingerprint density at radius 1 is 1.11 bits per heavy atom. The summed E-state index contributed by atoms with van der Waals surface area (Å²) in [7, 11) is -3.86. The van der Waals surface area contributed by atoms with E-state index in [1.807, 2.05) is 45.0 Å². The lowest BCUT2D eigenvalue weighted by atomic mass is 10.1. The lowest BCUT2D eigenvalue weighted by molar-refractivity contribution is 0.566. The van der Waals surface area contributed by atoms with Gasteiger partial charge in [0.05, 0.1) is 4.90 Å². The Bertz CT molecular complexity index is 1030. The molecule has 3 rings (SSSR count). The van der Waals surface area contributed by atoms with Gasteiger partial charge in [0, 0.05) is 16.6 Å². The lowest BCUT2D eigenvalue weighted by Gasteiger charge is -2.11. The highest BCUT2D eigenvalue weighted by atomic mass is 35.5. The van der Waals surface area contributed by atoms with Crippen LogP contribution in [0.5, 0.6) is 0 Å². The third-order valence-corrected chi connectivity index (χ3v) is 6.19. The fourth-order valence-corrected chi connectivity index (χ4v) is 3.84. The third kappa shape index (κ3) is 4.17. The number of oxazole rings is 1. The number of halogens is 1. The number of rotatable bonds is 6. The molecule has 0 radical (unpaired) electrons. The predicted molar refractivity (Wildman–Crippen MR) is 107 cm³/mol. The summed E-state index contributed by atoms with van der Waals surface area (Å²) in [5.41, 5.74) is 1.81. The Morgan fingerprint density at radius 2 is 1.74 bits per heavy atom. The van der Waals surface area contributed by atoms with Crippen LogP contribution in [0.25, 0.3) is 11.5 Å². The van der Waals surface area contributed by atoms with Gasteiger partial charge in [0.15, 0.2) is 0 Å². The van der Waals surface area contributed by atoms with Crippen LogP contribution in [0, 0.1) is 6.92 Å². The van der Waals surface area contributed by atoms with Crippen LogP contribution in [0.1, 0.15) is 25.8 Å². The van der Waals surface area contributed by atoms with Gasteiger partial charge in [0.1, 0.15) is 0 Å². The molecule has 0 amide bonds. The van der Waals surface area contributed by atoms with E-state index in [-0.39, 0.29) is 27.7 Å². The molecule has 1 aromatic heterocycles. The Labute approximate surface area is 164 Å². The predicted octanol–water partition coefficient (Wildman–Crippen LogP) is 5.35. The van der Waals surface area contributed by atoms with Crippen molar-refractivity contribution in [2.75, 3.05) is 5.32 Å². The highest BCUT2D eigenvalue weighted by molar-refractivity contribution is 7.91. The number of aromatic nitrogens is 1. The smallest absolute Gasteiger partial charge is 0.234 e. The third-order valence-electron chi connectivity index (χ3n) is 4.26. The molecule has 1 atom stereocenters. The van der Waals surface area contributed by atoms with E-state index in [0.717, 1.165) is 12.0 Å². The van der Waals surface area contributed by atoms with Gasteiger partial charge < -0.3 is 9.73 Å². The molecule has 7 heteroatoms. The quantitative estimate of drug-likeness (QED) is 0.599. The van der Waals surface area contributed by atoms with Crippen LogP contribution in [0.4, 0.5) is 5.88 Å². The van der Waals surface area contributed by atoms with E-state index in [0.29, 0.717) is 10.6 Å². The normalized spacial score (nSPS) is 12.7. The Balaban J connectivity index is 2.11. The van der Waals surface area contributed by atoms with E-state index in [9.17, 15) is 8.42 Å². The average molecular weight is 405 g/mol. The van der Waals surface area contributed by atoms with Crippen LogP contribution >= 0.6 is 11.6 Å². The van der Waals surface area contributed by atoms with E-state index < -0.39 is 9.84 Å². The summed E-state index contributed by atoms with van der Waals surface area (Å²) < 4.78 is 32.1. The minimum absolute atomic E-state index is 0.0305. The van der Waals surface area contributed by atoms with Crippen LogP contribution in [-0.2, 0) is 9.84 Å². The molecule has 0 aliphatic rings. The second-order valence-corrected chi connectivity index (χ2v) is 8.73. The fraction of sp³-hybridized carbons (Fsp3) is 0.250. The van der Waals surface area contributed by atoms with Crippen LogP contribution in [-0.4, -0.2) is 19.4 Å². The molecule has 0 fully saturated rings. The molecule has 0 spiro atoms. The molecule has 5 nitrogen and oxygen atoms in total. The number of hydrogen-bond donors (Lipinski definition) is 1. The molecule has 1 N–H and O–H groups in total. The highest BCUT2D eigenvalue weighted by Crippen LogP contribution is 2.33. The van der Waals surface area contributed by atoms with Gasteiger partial charge in [-0.2, -0.15) is 4.98 Å². The second kappa shape index (κ2) is 7.74. The Morgan fingerprint density at radius 3 is 2.33 bits per heavy atom. The molecule has 142 valence electrons. The molecule has 0 saturated carbocycles. The minimum atomic E-state index is -3.86. The largest absolute Gasteiger partial charge is 0.419 e. The second-order valence-electron chi connectivity index (χ2n) is 6.43. The van der Waals surface area contributed by atoms with Crippen molar-refractivity contribution in [1.82, 2.24) is 4.98 Å². The first-order chi connectivity index (χ1) is 12.8. The van der Waals surface area contributed by atoms with Gasteiger partial charge in [-0.1, -0.05) is 36.2 Å². The van der Waals surface area contributed by atoms with Crippen molar-refractivity contribution in [1.29, 1.82) is 0 Å². The summed E-state index contributed by atoms with van der Waals surface area (Å²) in [6.45, 7) is 5.93. The van der Waals surface area contributed by atoms with Gasteiger partial charge in [-0.3, -0.25) is 0 Å². The van der Waals surface area contributed by atoms with Crippen molar-refractivity contribution in [3.05, 3.63) is 59.1 Å². The van der Waals surface area contributed by atoms with Crippen LogP contribution < -0.4 is 5.32 Å². The number of sulfone groups is 1.